The molecule has 0 heterocycles. The monoisotopic (exact) mass is 201 g/mol. The molecular weight excluding hydrogens is 182 g/mol. The summed E-state index contributed by atoms with van der Waals surface area (Å²) in [5.41, 5.74) is 0. The summed E-state index contributed by atoms with van der Waals surface area (Å²) in [4.78, 5) is 23.9. The smallest absolute Gasteiger partial charge is 0.236 e. The molecule has 0 spiro atoms. The molecule has 0 aliphatic rings. The number of hydrogen-bond acceptors (Lipinski definition) is 3. The zero-order valence-corrected chi connectivity index (χ0v) is 9.26. The van der Waals surface area contributed by atoms with Crippen LogP contribution in [0.3, 0.4) is 0 Å². The number of nitrogens with one attached hydrogen (secondary N) is 2. The average molecular weight is 201 g/mol. The standard InChI is InChI=1S/C9H19N3O2/c1-7(10-2)9(14)11-6-5-8(13)12(3)4/h7,10H,5-6H2,1-4H3,(H,11,14). The summed E-state index contributed by atoms with van der Waals surface area (Å²) in [5.74, 6) is -0.0681. The van der Waals surface area contributed by atoms with Crippen molar-refractivity contribution in [2.24, 2.45) is 0 Å². The summed E-state index contributed by atoms with van der Waals surface area (Å²) in [5, 5.41) is 5.49. The molecule has 0 saturated carbocycles. The Morgan fingerprint density at radius 3 is 2.36 bits per heavy atom. The van der Waals surface area contributed by atoms with Crippen LogP contribution in [0, 0.1) is 0 Å². The highest BCUT2D eigenvalue weighted by Crippen LogP contribution is 1.86. The van der Waals surface area contributed by atoms with E-state index < -0.39 is 0 Å². The van der Waals surface area contributed by atoms with Gasteiger partial charge < -0.3 is 15.5 Å². The van der Waals surface area contributed by atoms with Crippen LogP contribution in [0.4, 0.5) is 0 Å². The third-order valence-electron chi connectivity index (χ3n) is 1.96. The minimum atomic E-state index is -0.218. The minimum Gasteiger partial charge on any atom is -0.354 e. The van der Waals surface area contributed by atoms with Crippen LogP contribution in [-0.4, -0.2) is 50.4 Å². The average Bonchev–Trinajstić information content (AvgIpc) is 2.15. The molecule has 0 radical (unpaired) electrons. The molecule has 1 atom stereocenters. The van der Waals surface area contributed by atoms with Crippen molar-refractivity contribution in [3.05, 3.63) is 0 Å². The highest BCUT2D eigenvalue weighted by atomic mass is 16.2. The fourth-order valence-corrected chi connectivity index (χ4v) is 0.800. The van der Waals surface area contributed by atoms with Gasteiger partial charge in [-0.2, -0.15) is 0 Å². The van der Waals surface area contributed by atoms with Crippen LogP contribution in [0.5, 0.6) is 0 Å². The summed E-state index contributed by atoms with van der Waals surface area (Å²) in [6, 6.07) is -0.218. The van der Waals surface area contributed by atoms with E-state index in [0.29, 0.717) is 13.0 Å². The van der Waals surface area contributed by atoms with Gasteiger partial charge in [-0.25, -0.2) is 0 Å². The van der Waals surface area contributed by atoms with Crippen molar-refractivity contribution in [3.8, 4) is 0 Å². The normalized spacial score (nSPS) is 12.0. The first kappa shape index (κ1) is 12.9. The first-order valence-corrected chi connectivity index (χ1v) is 4.64. The van der Waals surface area contributed by atoms with Crippen LogP contribution in [0.2, 0.25) is 0 Å². The van der Waals surface area contributed by atoms with E-state index in [-0.39, 0.29) is 17.9 Å². The molecule has 0 aliphatic carbocycles. The Bertz CT molecular complexity index is 204. The van der Waals surface area contributed by atoms with Gasteiger partial charge in [0.1, 0.15) is 0 Å². The lowest BCUT2D eigenvalue weighted by Gasteiger charge is -2.12. The number of amides is 2. The highest BCUT2D eigenvalue weighted by molar-refractivity contribution is 5.82. The van der Waals surface area contributed by atoms with Gasteiger partial charge in [0.2, 0.25) is 11.8 Å². The van der Waals surface area contributed by atoms with Crippen molar-refractivity contribution in [3.63, 3.8) is 0 Å². The summed E-state index contributed by atoms with van der Waals surface area (Å²) in [6.07, 6.45) is 0.342. The zero-order valence-electron chi connectivity index (χ0n) is 9.26. The SMILES string of the molecule is CNC(C)C(=O)NCCC(=O)N(C)C. The number of rotatable bonds is 5. The van der Waals surface area contributed by atoms with Crippen molar-refractivity contribution in [1.82, 2.24) is 15.5 Å². The van der Waals surface area contributed by atoms with Crippen molar-refractivity contribution in [2.45, 2.75) is 19.4 Å². The van der Waals surface area contributed by atoms with Crippen LogP contribution < -0.4 is 10.6 Å². The molecule has 5 heteroatoms. The Hall–Kier alpha value is -1.10. The van der Waals surface area contributed by atoms with Crippen LogP contribution >= 0.6 is 0 Å². The summed E-state index contributed by atoms with van der Waals surface area (Å²) in [7, 11) is 5.11. The fourth-order valence-electron chi connectivity index (χ4n) is 0.800. The molecule has 82 valence electrons. The van der Waals surface area contributed by atoms with Crippen LogP contribution in [0.25, 0.3) is 0 Å². The van der Waals surface area contributed by atoms with Crippen LogP contribution in [-0.2, 0) is 9.59 Å². The molecule has 2 N–H and O–H groups in total. The van der Waals surface area contributed by atoms with E-state index in [2.05, 4.69) is 10.6 Å². The Morgan fingerprint density at radius 2 is 1.93 bits per heavy atom. The van der Waals surface area contributed by atoms with E-state index in [1.54, 1.807) is 28.1 Å². The Balaban J connectivity index is 3.64. The molecule has 2 amide bonds. The number of carbonyl (C=O) groups is 2. The quantitative estimate of drug-likeness (QED) is 0.611. The third kappa shape index (κ3) is 4.81. The lowest BCUT2D eigenvalue weighted by Crippen LogP contribution is -2.41. The van der Waals surface area contributed by atoms with Gasteiger partial charge in [0.25, 0.3) is 0 Å². The maximum atomic E-state index is 11.2. The molecule has 1 unspecified atom stereocenters. The molecule has 0 fully saturated rings. The van der Waals surface area contributed by atoms with Crippen molar-refractivity contribution >= 4 is 11.8 Å². The largest absolute Gasteiger partial charge is 0.354 e. The highest BCUT2D eigenvalue weighted by Gasteiger charge is 2.10. The van der Waals surface area contributed by atoms with Gasteiger partial charge in [0.15, 0.2) is 0 Å². The predicted molar refractivity (Wildman–Crippen MR) is 54.8 cm³/mol. The lowest BCUT2D eigenvalue weighted by atomic mass is 10.3. The molecule has 0 bridgehead atoms. The topological polar surface area (TPSA) is 61.4 Å². The lowest BCUT2D eigenvalue weighted by molar-refractivity contribution is -0.128. The molecule has 14 heavy (non-hydrogen) atoms. The maximum absolute atomic E-state index is 11.2. The van der Waals surface area contributed by atoms with E-state index in [0.717, 1.165) is 0 Å². The predicted octanol–water partition coefficient (Wildman–Crippen LogP) is -0.811. The zero-order chi connectivity index (χ0) is 11.1. The summed E-state index contributed by atoms with van der Waals surface area (Å²) >= 11 is 0. The van der Waals surface area contributed by atoms with Gasteiger partial charge in [-0.15, -0.1) is 0 Å². The van der Waals surface area contributed by atoms with Gasteiger partial charge in [0, 0.05) is 27.1 Å². The number of carbonyl (C=O) groups excluding carboxylic acids is 2. The molecule has 0 saturated heterocycles. The van der Waals surface area contributed by atoms with E-state index in [9.17, 15) is 9.59 Å². The summed E-state index contributed by atoms with van der Waals surface area (Å²) < 4.78 is 0. The van der Waals surface area contributed by atoms with Crippen LogP contribution in [0.15, 0.2) is 0 Å². The van der Waals surface area contributed by atoms with E-state index in [1.165, 1.54) is 4.90 Å². The third-order valence-corrected chi connectivity index (χ3v) is 1.96. The van der Waals surface area contributed by atoms with Gasteiger partial charge in [-0.1, -0.05) is 0 Å². The molecule has 0 aliphatic heterocycles. The molecule has 5 nitrogen and oxygen atoms in total. The van der Waals surface area contributed by atoms with E-state index >= 15 is 0 Å². The second-order valence-electron chi connectivity index (χ2n) is 3.34. The Kier molecular flexibility index (Phi) is 5.87. The fraction of sp³-hybridized carbons (Fsp3) is 0.778. The van der Waals surface area contributed by atoms with Crippen molar-refractivity contribution < 1.29 is 9.59 Å². The van der Waals surface area contributed by atoms with Crippen LogP contribution in [0.1, 0.15) is 13.3 Å². The van der Waals surface area contributed by atoms with Gasteiger partial charge in [0.05, 0.1) is 6.04 Å². The molecule has 0 aromatic rings. The first-order chi connectivity index (χ1) is 6.49. The van der Waals surface area contributed by atoms with Gasteiger partial charge >= 0.3 is 0 Å². The van der Waals surface area contributed by atoms with Crippen molar-refractivity contribution in [1.29, 1.82) is 0 Å². The second kappa shape index (κ2) is 6.37. The van der Waals surface area contributed by atoms with Gasteiger partial charge in [-0.05, 0) is 14.0 Å². The molecule has 0 rings (SSSR count). The van der Waals surface area contributed by atoms with E-state index in [4.69, 9.17) is 0 Å². The second-order valence-corrected chi connectivity index (χ2v) is 3.34. The Labute approximate surface area is 84.8 Å². The number of likely N-dealkylation sites (N-methyl/N-ethyl adjacent to an activating group) is 1. The molecule has 0 aromatic carbocycles. The van der Waals surface area contributed by atoms with Gasteiger partial charge in [-0.3, -0.25) is 9.59 Å². The summed E-state index contributed by atoms with van der Waals surface area (Å²) in [6.45, 7) is 2.16. The Morgan fingerprint density at radius 1 is 1.36 bits per heavy atom. The first-order valence-electron chi connectivity index (χ1n) is 4.64. The molecular formula is C9H19N3O2. The maximum Gasteiger partial charge on any atom is 0.236 e. The van der Waals surface area contributed by atoms with E-state index in [1.807, 2.05) is 0 Å². The number of nitrogens with zero attached hydrogens (tertiary/aromatic N) is 1. The minimum absolute atomic E-state index is 0.0161. The number of hydrogen-bond donors (Lipinski definition) is 2. The van der Waals surface area contributed by atoms with Crippen molar-refractivity contribution in [2.75, 3.05) is 27.7 Å². The molecule has 0 aromatic heterocycles.